The molecule has 1 amide bonds. The first-order valence-corrected chi connectivity index (χ1v) is 11.1. The first-order valence-electron chi connectivity index (χ1n) is 9.75. The van der Waals surface area contributed by atoms with Crippen LogP contribution in [0.15, 0.2) is 53.7 Å². The Labute approximate surface area is 180 Å². The Balaban J connectivity index is 1.74. The fraction of sp³-hybridized carbons (Fsp3) is 0.409. The second kappa shape index (κ2) is 10.1. The average Bonchev–Trinajstić information content (AvgIpc) is 2.73. The fourth-order valence-electron chi connectivity index (χ4n) is 3.72. The molecule has 0 spiro atoms. The minimum atomic E-state index is -0.740. The predicted octanol–water partition coefficient (Wildman–Crippen LogP) is 4.24. The van der Waals surface area contributed by atoms with Crippen molar-refractivity contribution in [3.63, 3.8) is 0 Å². The van der Waals surface area contributed by atoms with Crippen molar-refractivity contribution < 1.29 is 14.3 Å². The fourth-order valence-corrected chi connectivity index (χ4v) is 4.72. The molecule has 2 aromatic rings. The SMILES string of the molecule is CCOC(=O)[C@]1(Cc2cccc(Cl)c2)CCCN(C(=O)CSc2ccncc2)C1. The van der Waals surface area contributed by atoms with Crippen molar-refractivity contribution >= 4 is 35.2 Å². The molecule has 1 saturated heterocycles. The van der Waals surface area contributed by atoms with Crippen LogP contribution in [0.5, 0.6) is 0 Å². The minimum Gasteiger partial charge on any atom is -0.466 e. The van der Waals surface area contributed by atoms with Crippen LogP contribution < -0.4 is 0 Å². The van der Waals surface area contributed by atoms with Crippen molar-refractivity contribution in [2.24, 2.45) is 5.41 Å². The highest BCUT2D eigenvalue weighted by Crippen LogP contribution is 2.36. The van der Waals surface area contributed by atoms with Crippen LogP contribution in [0.4, 0.5) is 0 Å². The molecule has 0 saturated carbocycles. The largest absolute Gasteiger partial charge is 0.466 e. The molecule has 1 aromatic carbocycles. The Morgan fingerprint density at radius 2 is 2.07 bits per heavy atom. The molecule has 0 unspecified atom stereocenters. The van der Waals surface area contributed by atoms with E-state index in [9.17, 15) is 9.59 Å². The summed E-state index contributed by atoms with van der Waals surface area (Å²) in [5, 5.41) is 0.638. The van der Waals surface area contributed by atoms with Crippen LogP contribution in [0, 0.1) is 5.41 Å². The van der Waals surface area contributed by atoms with Gasteiger partial charge in [-0.15, -0.1) is 11.8 Å². The van der Waals surface area contributed by atoms with Gasteiger partial charge < -0.3 is 9.64 Å². The number of ether oxygens (including phenoxy) is 1. The second-order valence-electron chi connectivity index (χ2n) is 7.20. The maximum Gasteiger partial charge on any atom is 0.314 e. The van der Waals surface area contributed by atoms with Crippen molar-refractivity contribution in [3.8, 4) is 0 Å². The van der Waals surface area contributed by atoms with Gasteiger partial charge in [0.1, 0.15) is 0 Å². The molecular formula is C22H25ClN2O3S. The molecule has 1 atom stereocenters. The van der Waals surface area contributed by atoms with E-state index in [0.717, 1.165) is 16.9 Å². The molecule has 5 nitrogen and oxygen atoms in total. The van der Waals surface area contributed by atoms with E-state index in [-0.39, 0.29) is 11.9 Å². The van der Waals surface area contributed by atoms with Crippen LogP contribution >= 0.6 is 23.4 Å². The highest BCUT2D eigenvalue weighted by atomic mass is 35.5. The van der Waals surface area contributed by atoms with E-state index in [0.29, 0.717) is 43.3 Å². The van der Waals surface area contributed by atoms with Crippen LogP contribution in [0.25, 0.3) is 0 Å². The summed E-state index contributed by atoms with van der Waals surface area (Å²) in [6.45, 7) is 3.16. The third kappa shape index (κ3) is 5.73. The zero-order valence-electron chi connectivity index (χ0n) is 16.5. The standard InChI is InChI=1S/C22H25ClN2O3S/c1-2-28-21(27)22(14-17-5-3-6-18(23)13-17)9-4-12-25(16-22)20(26)15-29-19-7-10-24-11-8-19/h3,5-8,10-11,13H,2,4,9,12,14-16H2,1H3/t22-/m0/s1. The third-order valence-corrected chi connectivity index (χ3v) is 6.31. The van der Waals surface area contributed by atoms with Crippen LogP contribution in [-0.4, -0.2) is 47.2 Å². The molecule has 7 heteroatoms. The number of thioether (sulfide) groups is 1. The molecule has 1 aromatic heterocycles. The number of halogens is 1. The quantitative estimate of drug-likeness (QED) is 0.483. The molecule has 3 rings (SSSR count). The van der Waals surface area contributed by atoms with Crippen molar-refractivity contribution in [1.82, 2.24) is 9.88 Å². The molecule has 0 aliphatic carbocycles. The molecule has 2 heterocycles. The van der Waals surface area contributed by atoms with Gasteiger partial charge in [-0.25, -0.2) is 0 Å². The number of esters is 1. The lowest BCUT2D eigenvalue weighted by Gasteiger charge is -2.41. The summed E-state index contributed by atoms with van der Waals surface area (Å²) in [6.07, 6.45) is 5.40. The summed E-state index contributed by atoms with van der Waals surface area (Å²) in [7, 11) is 0. The molecular weight excluding hydrogens is 408 g/mol. The van der Waals surface area contributed by atoms with E-state index in [1.165, 1.54) is 11.8 Å². The van der Waals surface area contributed by atoms with Gasteiger partial charge in [-0.2, -0.15) is 0 Å². The molecule has 0 N–H and O–H groups in total. The number of aromatic nitrogens is 1. The number of benzene rings is 1. The van der Waals surface area contributed by atoms with Gasteiger partial charge in [0.05, 0.1) is 17.8 Å². The van der Waals surface area contributed by atoms with Gasteiger partial charge in [-0.1, -0.05) is 23.7 Å². The number of piperidine rings is 1. The number of nitrogens with zero attached hydrogens (tertiary/aromatic N) is 2. The number of carbonyl (C=O) groups excluding carboxylic acids is 2. The predicted molar refractivity (Wildman–Crippen MR) is 115 cm³/mol. The van der Waals surface area contributed by atoms with Crippen LogP contribution in [-0.2, 0) is 20.7 Å². The van der Waals surface area contributed by atoms with Crippen molar-refractivity contribution in [2.75, 3.05) is 25.4 Å². The van der Waals surface area contributed by atoms with E-state index < -0.39 is 5.41 Å². The van der Waals surface area contributed by atoms with Crippen LogP contribution in [0.3, 0.4) is 0 Å². The molecule has 0 bridgehead atoms. The number of carbonyl (C=O) groups is 2. The number of rotatable bonds is 7. The summed E-state index contributed by atoms with van der Waals surface area (Å²) in [5.74, 6) is 0.130. The van der Waals surface area contributed by atoms with E-state index in [1.807, 2.05) is 43.3 Å². The van der Waals surface area contributed by atoms with Crippen molar-refractivity contribution in [2.45, 2.75) is 31.1 Å². The van der Waals surface area contributed by atoms with E-state index in [2.05, 4.69) is 4.98 Å². The van der Waals surface area contributed by atoms with Crippen LogP contribution in [0.2, 0.25) is 5.02 Å². The maximum absolute atomic E-state index is 13.0. The van der Waals surface area contributed by atoms with Crippen molar-refractivity contribution in [3.05, 3.63) is 59.4 Å². The van der Waals surface area contributed by atoms with Crippen LogP contribution in [0.1, 0.15) is 25.3 Å². The lowest BCUT2D eigenvalue weighted by Crippen LogP contribution is -2.52. The van der Waals surface area contributed by atoms with E-state index in [1.54, 1.807) is 17.3 Å². The Morgan fingerprint density at radius 1 is 1.28 bits per heavy atom. The number of likely N-dealkylation sites (tertiary alicyclic amines) is 1. The normalized spacial score (nSPS) is 19.0. The summed E-state index contributed by atoms with van der Waals surface area (Å²) < 4.78 is 5.42. The smallest absolute Gasteiger partial charge is 0.314 e. The molecule has 154 valence electrons. The summed E-state index contributed by atoms with van der Waals surface area (Å²) in [5.41, 5.74) is 0.238. The number of hydrogen-bond donors (Lipinski definition) is 0. The molecule has 1 fully saturated rings. The molecule has 0 radical (unpaired) electrons. The van der Waals surface area contributed by atoms with Gasteiger partial charge in [0.2, 0.25) is 5.91 Å². The topological polar surface area (TPSA) is 59.5 Å². The molecule has 1 aliphatic heterocycles. The Kier molecular flexibility index (Phi) is 7.56. The molecule has 29 heavy (non-hydrogen) atoms. The lowest BCUT2D eigenvalue weighted by atomic mass is 9.75. The Bertz CT molecular complexity index is 849. The second-order valence-corrected chi connectivity index (χ2v) is 8.68. The van der Waals surface area contributed by atoms with Gasteiger partial charge in [-0.3, -0.25) is 14.6 Å². The number of hydrogen-bond acceptors (Lipinski definition) is 5. The highest BCUT2D eigenvalue weighted by molar-refractivity contribution is 8.00. The van der Waals surface area contributed by atoms with Gasteiger partial charge in [-0.05, 0) is 56.0 Å². The average molecular weight is 433 g/mol. The number of amides is 1. The summed E-state index contributed by atoms with van der Waals surface area (Å²) in [6, 6.07) is 11.3. The molecule has 1 aliphatic rings. The van der Waals surface area contributed by atoms with Gasteiger partial charge in [0, 0.05) is 35.4 Å². The van der Waals surface area contributed by atoms with Gasteiger partial charge in [0.15, 0.2) is 0 Å². The monoisotopic (exact) mass is 432 g/mol. The maximum atomic E-state index is 13.0. The number of pyridine rings is 1. The van der Waals surface area contributed by atoms with Gasteiger partial charge >= 0.3 is 5.97 Å². The zero-order chi connectivity index (χ0) is 20.7. The van der Waals surface area contributed by atoms with Crippen molar-refractivity contribution in [1.29, 1.82) is 0 Å². The summed E-state index contributed by atoms with van der Waals surface area (Å²) >= 11 is 7.62. The first-order chi connectivity index (χ1) is 14.0. The zero-order valence-corrected chi connectivity index (χ0v) is 18.0. The van der Waals surface area contributed by atoms with E-state index >= 15 is 0 Å². The third-order valence-electron chi connectivity index (χ3n) is 5.08. The Morgan fingerprint density at radius 3 is 2.79 bits per heavy atom. The summed E-state index contributed by atoms with van der Waals surface area (Å²) in [4.78, 5) is 32.6. The minimum absolute atomic E-state index is 0.0336. The lowest BCUT2D eigenvalue weighted by molar-refractivity contribution is -0.160. The van der Waals surface area contributed by atoms with E-state index in [4.69, 9.17) is 16.3 Å². The highest BCUT2D eigenvalue weighted by Gasteiger charge is 2.44. The van der Waals surface area contributed by atoms with Gasteiger partial charge in [0.25, 0.3) is 0 Å². The Hall–Kier alpha value is -2.05. The first kappa shape index (κ1) is 21.7.